The molecule has 1 aromatic rings. The van der Waals surface area contributed by atoms with Gasteiger partial charge in [-0.3, -0.25) is 4.79 Å². The van der Waals surface area contributed by atoms with Crippen molar-refractivity contribution in [2.45, 2.75) is 26.2 Å². The maximum Gasteiger partial charge on any atom is 0.313 e. The summed E-state index contributed by atoms with van der Waals surface area (Å²) < 4.78 is 19.0. The molecule has 0 aliphatic carbocycles. The number of ether oxygens (including phenoxy) is 1. The number of carbonyl (C=O) groups is 1. The molecular weight excluding hydrogens is 245 g/mol. The van der Waals surface area contributed by atoms with Crippen LogP contribution >= 0.6 is 0 Å². The molecule has 1 N–H and O–H groups in total. The zero-order valence-electron chi connectivity index (χ0n) is 11.2. The lowest BCUT2D eigenvalue weighted by atomic mass is 9.75. The first-order valence-electron chi connectivity index (χ1n) is 6.79. The molecule has 0 amide bonds. The summed E-state index contributed by atoms with van der Waals surface area (Å²) in [7, 11) is 0. The van der Waals surface area contributed by atoms with Gasteiger partial charge in [-0.05, 0) is 44.4 Å². The lowest BCUT2D eigenvalue weighted by molar-refractivity contribution is -0.156. The fourth-order valence-corrected chi connectivity index (χ4v) is 2.66. The molecule has 1 aliphatic heterocycles. The standard InChI is InChI=1S/C15H20FNO2/c1-2-19-14(18)15(8-5-9-17-11-15)10-12-6-3-4-7-13(12)16/h3-4,6-7,17H,2,5,8-11H2,1H3/t15-/m0/s1. The fraction of sp³-hybridized carbons (Fsp3) is 0.533. The van der Waals surface area contributed by atoms with E-state index < -0.39 is 5.41 Å². The summed E-state index contributed by atoms with van der Waals surface area (Å²) in [6.45, 7) is 3.61. The lowest BCUT2D eigenvalue weighted by Gasteiger charge is -2.35. The third-order valence-electron chi connectivity index (χ3n) is 3.67. The highest BCUT2D eigenvalue weighted by atomic mass is 19.1. The normalized spacial score (nSPS) is 23.1. The van der Waals surface area contributed by atoms with Crippen LogP contribution in [0, 0.1) is 11.2 Å². The van der Waals surface area contributed by atoms with Crippen LogP contribution in [0.4, 0.5) is 4.39 Å². The van der Waals surface area contributed by atoms with Crippen LogP contribution in [-0.2, 0) is 16.0 Å². The van der Waals surface area contributed by atoms with E-state index in [9.17, 15) is 9.18 Å². The van der Waals surface area contributed by atoms with Crippen LogP contribution in [0.2, 0.25) is 0 Å². The highest BCUT2D eigenvalue weighted by Gasteiger charge is 2.41. The molecule has 19 heavy (non-hydrogen) atoms. The molecule has 0 radical (unpaired) electrons. The molecule has 1 heterocycles. The second-order valence-electron chi connectivity index (χ2n) is 5.05. The molecule has 0 spiro atoms. The van der Waals surface area contributed by atoms with Crippen molar-refractivity contribution in [2.24, 2.45) is 5.41 Å². The molecule has 1 atom stereocenters. The SMILES string of the molecule is CCOC(=O)[C@]1(Cc2ccccc2F)CCCNC1. The van der Waals surface area contributed by atoms with Gasteiger partial charge in [0.1, 0.15) is 5.82 Å². The molecule has 1 aromatic carbocycles. The molecule has 0 aromatic heterocycles. The average molecular weight is 265 g/mol. The van der Waals surface area contributed by atoms with Crippen LogP contribution in [0.5, 0.6) is 0 Å². The smallest absolute Gasteiger partial charge is 0.313 e. The first-order valence-corrected chi connectivity index (χ1v) is 6.79. The average Bonchev–Trinajstić information content (AvgIpc) is 2.43. The van der Waals surface area contributed by atoms with E-state index in [1.807, 2.05) is 0 Å². The molecule has 1 fully saturated rings. The van der Waals surface area contributed by atoms with Gasteiger partial charge in [0.25, 0.3) is 0 Å². The largest absolute Gasteiger partial charge is 0.466 e. The van der Waals surface area contributed by atoms with E-state index in [-0.39, 0.29) is 11.8 Å². The highest BCUT2D eigenvalue weighted by molar-refractivity contribution is 5.77. The molecule has 104 valence electrons. The van der Waals surface area contributed by atoms with Crippen LogP contribution in [-0.4, -0.2) is 25.7 Å². The highest BCUT2D eigenvalue weighted by Crippen LogP contribution is 2.33. The zero-order valence-corrected chi connectivity index (χ0v) is 11.2. The van der Waals surface area contributed by atoms with Gasteiger partial charge in [0, 0.05) is 6.54 Å². The van der Waals surface area contributed by atoms with Crippen molar-refractivity contribution in [2.75, 3.05) is 19.7 Å². The third-order valence-corrected chi connectivity index (χ3v) is 3.67. The molecular formula is C15H20FNO2. The number of esters is 1. The predicted octanol–water partition coefficient (Wildman–Crippen LogP) is 2.30. The van der Waals surface area contributed by atoms with Crippen LogP contribution in [0.15, 0.2) is 24.3 Å². The Morgan fingerprint density at radius 1 is 1.47 bits per heavy atom. The number of carbonyl (C=O) groups excluding carboxylic acids is 1. The number of rotatable bonds is 4. The summed E-state index contributed by atoms with van der Waals surface area (Å²) in [4.78, 5) is 12.3. The Labute approximate surface area is 113 Å². The van der Waals surface area contributed by atoms with Crippen molar-refractivity contribution < 1.29 is 13.9 Å². The quantitative estimate of drug-likeness (QED) is 0.849. The van der Waals surface area contributed by atoms with Gasteiger partial charge in [-0.15, -0.1) is 0 Å². The summed E-state index contributed by atoms with van der Waals surface area (Å²) >= 11 is 0. The summed E-state index contributed by atoms with van der Waals surface area (Å²) in [6, 6.07) is 6.64. The maximum atomic E-state index is 13.8. The second kappa shape index (κ2) is 6.15. The van der Waals surface area contributed by atoms with Gasteiger partial charge in [-0.2, -0.15) is 0 Å². The summed E-state index contributed by atoms with van der Waals surface area (Å²) in [5.74, 6) is -0.470. The number of benzene rings is 1. The minimum absolute atomic E-state index is 0.217. The molecule has 4 heteroatoms. The Hall–Kier alpha value is -1.42. The van der Waals surface area contributed by atoms with Crippen molar-refractivity contribution >= 4 is 5.97 Å². The molecule has 2 rings (SSSR count). The molecule has 3 nitrogen and oxygen atoms in total. The van der Waals surface area contributed by atoms with Crippen molar-refractivity contribution in [3.63, 3.8) is 0 Å². The number of nitrogens with one attached hydrogen (secondary N) is 1. The topological polar surface area (TPSA) is 38.3 Å². The van der Waals surface area contributed by atoms with Crippen LogP contribution in [0.25, 0.3) is 0 Å². The van der Waals surface area contributed by atoms with Crippen molar-refractivity contribution in [1.29, 1.82) is 0 Å². The summed E-state index contributed by atoms with van der Waals surface area (Å²) in [6.07, 6.45) is 2.05. The van der Waals surface area contributed by atoms with Gasteiger partial charge in [-0.25, -0.2) is 4.39 Å². The summed E-state index contributed by atoms with van der Waals surface area (Å²) in [5, 5.41) is 3.23. The number of hydrogen-bond acceptors (Lipinski definition) is 3. The first kappa shape index (κ1) is 14.0. The molecule has 1 saturated heterocycles. The van der Waals surface area contributed by atoms with E-state index in [1.165, 1.54) is 6.07 Å². The number of hydrogen-bond donors (Lipinski definition) is 1. The van der Waals surface area contributed by atoms with Gasteiger partial charge < -0.3 is 10.1 Å². The van der Waals surface area contributed by atoms with Crippen LogP contribution in [0.1, 0.15) is 25.3 Å². The van der Waals surface area contributed by atoms with Crippen LogP contribution < -0.4 is 5.32 Å². The zero-order chi connectivity index (χ0) is 13.7. The van der Waals surface area contributed by atoms with E-state index in [1.54, 1.807) is 25.1 Å². The molecule has 0 saturated carbocycles. The van der Waals surface area contributed by atoms with Gasteiger partial charge in [0.05, 0.1) is 12.0 Å². The fourth-order valence-electron chi connectivity index (χ4n) is 2.66. The van der Waals surface area contributed by atoms with Gasteiger partial charge >= 0.3 is 5.97 Å². The Bertz CT molecular complexity index is 442. The van der Waals surface area contributed by atoms with E-state index >= 15 is 0 Å². The minimum atomic E-state index is -0.629. The predicted molar refractivity (Wildman–Crippen MR) is 71.3 cm³/mol. The van der Waals surface area contributed by atoms with Gasteiger partial charge in [-0.1, -0.05) is 18.2 Å². The van der Waals surface area contributed by atoms with E-state index in [4.69, 9.17) is 4.74 Å². The lowest BCUT2D eigenvalue weighted by Crippen LogP contribution is -2.48. The van der Waals surface area contributed by atoms with E-state index in [2.05, 4.69) is 5.32 Å². The third kappa shape index (κ3) is 3.13. The summed E-state index contributed by atoms with van der Waals surface area (Å²) in [5.41, 5.74) is -0.0459. The number of halogens is 1. The van der Waals surface area contributed by atoms with E-state index in [0.29, 0.717) is 25.1 Å². The minimum Gasteiger partial charge on any atom is -0.466 e. The van der Waals surface area contributed by atoms with Gasteiger partial charge in [0.15, 0.2) is 0 Å². The van der Waals surface area contributed by atoms with Crippen molar-refractivity contribution in [3.8, 4) is 0 Å². The first-order chi connectivity index (χ1) is 9.18. The Balaban J connectivity index is 2.23. The molecule has 1 aliphatic rings. The molecule has 0 bridgehead atoms. The van der Waals surface area contributed by atoms with Crippen LogP contribution in [0.3, 0.4) is 0 Å². The molecule has 0 unspecified atom stereocenters. The van der Waals surface area contributed by atoms with Crippen molar-refractivity contribution in [1.82, 2.24) is 5.32 Å². The van der Waals surface area contributed by atoms with E-state index in [0.717, 1.165) is 19.4 Å². The Kier molecular flexibility index (Phi) is 4.53. The second-order valence-corrected chi connectivity index (χ2v) is 5.05. The monoisotopic (exact) mass is 265 g/mol. The van der Waals surface area contributed by atoms with Gasteiger partial charge in [0.2, 0.25) is 0 Å². The van der Waals surface area contributed by atoms with Crippen molar-refractivity contribution in [3.05, 3.63) is 35.6 Å². The number of piperidine rings is 1. The maximum absolute atomic E-state index is 13.8. The Morgan fingerprint density at radius 2 is 2.26 bits per heavy atom. The Morgan fingerprint density at radius 3 is 2.89 bits per heavy atom.